The molecule has 0 radical (unpaired) electrons. The summed E-state index contributed by atoms with van der Waals surface area (Å²) >= 11 is 0. The number of rotatable bonds is 5. The normalized spacial score (nSPS) is 16.7. The van der Waals surface area contributed by atoms with E-state index >= 15 is 0 Å². The van der Waals surface area contributed by atoms with Crippen LogP contribution >= 0.6 is 0 Å². The van der Waals surface area contributed by atoms with Crippen molar-refractivity contribution >= 4 is 23.2 Å². The Morgan fingerprint density at radius 2 is 1.88 bits per heavy atom. The van der Waals surface area contributed by atoms with E-state index in [9.17, 15) is 9.59 Å². The van der Waals surface area contributed by atoms with Crippen LogP contribution in [0.15, 0.2) is 42.5 Å². The SMILES string of the molecule is CCOc1ccccc1N1CC(C(=O)Nc2cc(C)cc(C)c2)CC1=O. The molecule has 5 heteroatoms. The third-order valence-electron chi connectivity index (χ3n) is 4.44. The molecule has 1 saturated heterocycles. The third kappa shape index (κ3) is 3.87. The molecule has 1 unspecified atom stereocenters. The lowest BCUT2D eigenvalue weighted by molar-refractivity contribution is -0.122. The first-order chi connectivity index (χ1) is 12.5. The summed E-state index contributed by atoms with van der Waals surface area (Å²) in [5.74, 6) is 0.106. The van der Waals surface area contributed by atoms with Crippen molar-refractivity contribution in [2.75, 3.05) is 23.4 Å². The zero-order chi connectivity index (χ0) is 18.7. The number of nitrogens with one attached hydrogen (secondary N) is 1. The highest BCUT2D eigenvalue weighted by Crippen LogP contribution is 2.33. The smallest absolute Gasteiger partial charge is 0.229 e. The van der Waals surface area contributed by atoms with Gasteiger partial charge in [-0.15, -0.1) is 0 Å². The molecule has 5 nitrogen and oxygen atoms in total. The highest BCUT2D eigenvalue weighted by molar-refractivity contribution is 6.04. The van der Waals surface area contributed by atoms with E-state index in [1.165, 1.54) is 0 Å². The molecule has 3 rings (SSSR count). The minimum Gasteiger partial charge on any atom is -0.492 e. The Labute approximate surface area is 154 Å². The fraction of sp³-hybridized carbons (Fsp3) is 0.333. The standard InChI is InChI=1S/C21H24N2O3/c1-4-26-19-8-6-5-7-18(19)23-13-16(12-20(23)24)21(25)22-17-10-14(2)9-15(3)11-17/h5-11,16H,4,12-13H2,1-3H3,(H,22,25). The quantitative estimate of drug-likeness (QED) is 0.893. The van der Waals surface area contributed by atoms with Gasteiger partial charge < -0.3 is 15.0 Å². The van der Waals surface area contributed by atoms with Crippen molar-refractivity contribution in [1.29, 1.82) is 0 Å². The molecule has 2 amide bonds. The second-order valence-corrected chi connectivity index (χ2v) is 6.67. The van der Waals surface area contributed by atoms with Crippen molar-refractivity contribution in [3.63, 3.8) is 0 Å². The number of nitrogens with zero attached hydrogens (tertiary/aromatic N) is 1. The minimum atomic E-state index is -0.377. The first-order valence-electron chi connectivity index (χ1n) is 8.89. The summed E-state index contributed by atoms with van der Waals surface area (Å²) in [5, 5.41) is 2.95. The van der Waals surface area contributed by atoms with Crippen LogP contribution in [0.5, 0.6) is 5.75 Å². The lowest BCUT2D eigenvalue weighted by Crippen LogP contribution is -2.28. The molecule has 1 N–H and O–H groups in total. The Morgan fingerprint density at radius 3 is 2.58 bits per heavy atom. The van der Waals surface area contributed by atoms with Gasteiger partial charge >= 0.3 is 0 Å². The number of anilines is 2. The maximum Gasteiger partial charge on any atom is 0.229 e. The molecule has 1 atom stereocenters. The molecule has 1 aliphatic heterocycles. The largest absolute Gasteiger partial charge is 0.492 e. The van der Waals surface area contributed by atoms with Gasteiger partial charge in [0.15, 0.2) is 0 Å². The van der Waals surface area contributed by atoms with Gasteiger partial charge in [0.05, 0.1) is 18.2 Å². The Hall–Kier alpha value is -2.82. The van der Waals surface area contributed by atoms with Gasteiger partial charge in [0.2, 0.25) is 11.8 Å². The average molecular weight is 352 g/mol. The van der Waals surface area contributed by atoms with Crippen LogP contribution < -0.4 is 15.0 Å². The number of aryl methyl sites for hydroxylation is 2. The molecule has 1 fully saturated rings. The molecule has 1 heterocycles. The number of carbonyl (C=O) groups excluding carboxylic acids is 2. The van der Waals surface area contributed by atoms with Gasteiger partial charge in [-0.3, -0.25) is 9.59 Å². The van der Waals surface area contributed by atoms with Crippen LogP contribution in [0.2, 0.25) is 0 Å². The van der Waals surface area contributed by atoms with Crippen molar-refractivity contribution in [1.82, 2.24) is 0 Å². The van der Waals surface area contributed by atoms with Gasteiger partial charge in [-0.05, 0) is 56.2 Å². The van der Waals surface area contributed by atoms with Crippen molar-refractivity contribution in [3.8, 4) is 5.75 Å². The molecule has 1 aliphatic rings. The van der Waals surface area contributed by atoms with Gasteiger partial charge in [-0.25, -0.2) is 0 Å². The first-order valence-corrected chi connectivity index (χ1v) is 8.89. The van der Waals surface area contributed by atoms with E-state index in [1.807, 2.05) is 57.2 Å². The molecule has 0 aliphatic carbocycles. The van der Waals surface area contributed by atoms with E-state index in [4.69, 9.17) is 4.74 Å². The molecule has 0 spiro atoms. The van der Waals surface area contributed by atoms with E-state index < -0.39 is 0 Å². The molecule has 136 valence electrons. The number of hydrogen-bond acceptors (Lipinski definition) is 3. The van der Waals surface area contributed by atoms with Crippen LogP contribution in [-0.4, -0.2) is 25.0 Å². The van der Waals surface area contributed by atoms with Crippen LogP contribution in [0.3, 0.4) is 0 Å². The third-order valence-corrected chi connectivity index (χ3v) is 4.44. The zero-order valence-electron chi connectivity index (χ0n) is 15.4. The van der Waals surface area contributed by atoms with Crippen molar-refractivity contribution in [3.05, 3.63) is 53.6 Å². The van der Waals surface area contributed by atoms with Gasteiger partial charge in [-0.2, -0.15) is 0 Å². The van der Waals surface area contributed by atoms with Crippen molar-refractivity contribution < 1.29 is 14.3 Å². The summed E-state index contributed by atoms with van der Waals surface area (Å²) in [6, 6.07) is 13.4. The molecular weight excluding hydrogens is 328 g/mol. The summed E-state index contributed by atoms with van der Waals surface area (Å²) in [6.07, 6.45) is 0.205. The Balaban J connectivity index is 1.74. The molecule has 0 bridgehead atoms. The first kappa shape index (κ1) is 18.0. The lowest BCUT2D eigenvalue weighted by Gasteiger charge is -2.20. The molecule has 0 saturated carbocycles. The van der Waals surface area contributed by atoms with Crippen molar-refractivity contribution in [2.24, 2.45) is 5.92 Å². The van der Waals surface area contributed by atoms with Gasteiger partial charge in [0.1, 0.15) is 5.75 Å². The predicted octanol–water partition coefficient (Wildman–Crippen LogP) is 3.69. The number of para-hydroxylation sites is 2. The van der Waals surface area contributed by atoms with Crippen LogP contribution in [0.25, 0.3) is 0 Å². The molecular formula is C21H24N2O3. The minimum absolute atomic E-state index is 0.0577. The second-order valence-electron chi connectivity index (χ2n) is 6.67. The van der Waals surface area contributed by atoms with E-state index in [2.05, 4.69) is 11.4 Å². The van der Waals surface area contributed by atoms with Gasteiger partial charge in [0.25, 0.3) is 0 Å². The average Bonchev–Trinajstić information content (AvgIpc) is 2.96. The molecule has 0 aromatic heterocycles. The van der Waals surface area contributed by atoms with Crippen LogP contribution in [-0.2, 0) is 9.59 Å². The van der Waals surface area contributed by atoms with Crippen LogP contribution in [0.1, 0.15) is 24.5 Å². The van der Waals surface area contributed by atoms with Crippen molar-refractivity contribution in [2.45, 2.75) is 27.2 Å². The van der Waals surface area contributed by atoms with E-state index in [0.717, 1.165) is 22.5 Å². The lowest BCUT2D eigenvalue weighted by atomic mass is 10.1. The zero-order valence-corrected chi connectivity index (χ0v) is 15.4. The number of amides is 2. The molecule has 2 aromatic carbocycles. The molecule has 26 heavy (non-hydrogen) atoms. The Bertz CT molecular complexity index is 812. The maximum atomic E-state index is 12.6. The maximum absolute atomic E-state index is 12.6. The fourth-order valence-corrected chi connectivity index (χ4v) is 3.36. The number of hydrogen-bond donors (Lipinski definition) is 1. The highest BCUT2D eigenvalue weighted by Gasteiger charge is 2.36. The van der Waals surface area contributed by atoms with E-state index in [0.29, 0.717) is 18.9 Å². The summed E-state index contributed by atoms with van der Waals surface area (Å²) in [5.41, 5.74) is 3.68. The Kier molecular flexibility index (Phi) is 5.26. The van der Waals surface area contributed by atoms with Crippen LogP contribution in [0.4, 0.5) is 11.4 Å². The van der Waals surface area contributed by atoms with E-state index in [1.54, 1.807) is 4.90 Å². The fourth-order valence-electron chi connectivity index (χ4n) is 3.36. The monoisotopic (exact) mass is 352 g/mol. The summed E-state index contributed by atoms with van der Waals surface area (Å²) in [6.45, 7) is 6.78. The predicted molar refractivity (Wildman–Crippen MR) is 103 cm³/mol. The topological polar surface area (TPSA) is 58.6 Å². The van der Waals surface area contributed by atoms with Crippen LogP contribution in [0, 0.1) is 19.8 Å². The number of carbonyl (C=O) groups is 2. The van der Waals surface area contributed by atoms with E-state index in [-0.39, 0.29) is 24.2 Å². The summed E-state index contributed by atoms with van der Waals surface area (Å²) in [7, 11) is 0. The van der Waals surface area contributed by atoms with Gasteiger partial charge in [-0.1, -0.05) is 18.2 Å². The Morgan fingerprint density at radius 1 is 1.19 bits per heavy atom. The van der Waals surface area contributed by atoms with Gasteiger partial charge in [0, 0.05) is 18.7 Å². The number of ether oxygens (including phenoxy) is 1. The number of benzene rings is 2. The summed E-state index contributed by atoms with van der Waals surface area (Å²) < 4.78 is 5.62. The highest BCUT2D eigenvalue weighted by atomic mass is 16.5. The molecule has 2 aromatic rings. The second kappa shape index (κ2) is 7.60. The summed E-state index contributed by atoms with van der Waals surface area (Å²) in [4.78, 5) is 26.8.